The van der Waals surface area contributed by atoms with Crippen LogP contribution in [0.25, 0.3) is 0 Å². The van der Waals surface area contributed by atoms with Crippen LogP contribution in [0.4, 0.5) is 0 Å². The summed E-state index contributed by atoms with van der Waals surface area (Å²) in [5.74, 6) is 0.965. The summed E-state index contributed by atoms with van der Waals surface area (Å²) in [6, 6.07) is 10.3. The van der Waals surface area contributed by atoms with Crippen molar-refractivity contribution in [2.75, 3.05) is 12.3 Å². The SMILES string of the molecule is CCNC(CSc1cccc(Cl)c1)Cc1ccncc1Cl. The Hall–Kier alpha value is -0.740. The lowest BCUT2D eigenvalue weighted by Crippen LogP contribution is -2.33. The van der Waals surface area contributed by atoms with Crippen molar-refractivity contribution in [3.8, 4) is 0 Å². The summed E-state index contributed by atoms with van der Waals surface area (Å²) in [6.07, 6.45) is 4.38. The second kappa shape index (κ2) is 8.64. The average molecular weight is 341 g/mol. The fourth-order valence-electron chi connectivity index (χ4n) is 2.07. The predicted octanol–water partition coefficient (Wildman–Crippen LogP) is 4.70. The maximum Gasteiger partial charge on any atom is 0.0621 e. The fourth-order valence-corrected chi connectivity index (χ4v) is 3.53. The van der Waals surface area contributed by atoms with Gasteiger partial charge in [0.1, 0.15) is 0 Å². The van der Waals surface area contributed by atoms with Crippen LogP contribution in [0.2, 0.25) is 10.0 Å². The third-order valence-electron chi connectivity index (χ3n) is 3.06. The number of aromatic nitrogens is 1. The second-order valence-electron chi connectivity index (χ2n) is 4.69. The van der Waals surface area contributed by atoms with Crippen LogP contribution in [0.15, 0.2) is 47.6 Å². The quantitative estimate of drug-likeness (QED) is 0.739. The van der Waals surface area contributed by atoms with Crippen LogP contribution in [-0.2, 0) is 6.42 Å². The lowest BCUT2D eigenvalue weighted by molar-refractivity contribution is 0.572. The Balaban J connectivity index is 1.97. The number of pyridine rings is 1. The van der Waals surface area contributed by atoms with E-state index < -0.39 is 0 Å². The van der Waals surface area contributed by atoms with Crippen LogP contribution in [0.5, 0.6) is 0 Å². The highest BCUT2D eigenvalue weighted by atomic mass is 35.5. The van der Waals surface area contributed by atoms with Crippen molar-refractivity contribution in [2.24, 2.45) is 0 Å². The van der Waals surface area contributed by atoms with Gasteiger partial charge in [-0.2, -0.15) is 0 Å². The largest absolute Gasteiger partial charge is 0.313 e. The highest BCUT2D eigenvalue weighted by Gasteiger charge is 2.11. The Morgan fingerprint density at radius 3 is 2.86 bits per heavy atom. The molecule has 0 aliphatic carbocycles. The van der Waals surface area contributed by atoms with Crippen molar-refractivity contribution < 1.29 is 0 Å². The van der Waals surface area contributed by atoms with Gasteiger partial charge in [-0.05, 0) is 42.8 Å². The van der Waals surface area contributed by atoms with Crippen LogP contribution < -0.4 is 5.32 Å². The second-order valence-corrected chi connectivity index (χ2v) is 6.63. The van der Waals surface area contributed by atoms with Gasteiger partial charge in [-0.1, -0.05) is 36.2 Å². The topological polar surface area (TPSA) is 24.9 Å². The van der Waals surface area contributed by atoms with Gasteiger partial charge >= 0.3 is 0 Å². The fraction of sp³-hybridized carbons (Fsp3) is 0.312. The smallest absolute Gasteiger partial charge is 0.0621 e. The van der Waals surface area contributed by atoms with Gasteiger partial charge in [-0.15, -0.1) is 11.8 Å². The van der Waals surface area contributed by atoms with Gasteiger partial charge in [0.2, 0.25) is 0 Å². The predicted molar refractivity (Wildman–Crippen MR) is 92.6 cm³/mol. The molecule has 0 spiro atoms. The van der Waals surface area contributed by atoms with Crippen LogP contribution in [0.1, 0.15) is 12.5 Å². The molecule has 0 amide bonds. The zero-order valence-electron chi connectivity index (χ0n) is 11.9. The first kappa shape index (κ1) is 16.6. The summed E-state index contributed by atoms with van der Waals surface area (Å²) < 4.78 is 0. The Morgan fingerprint density at radius 1 is 1.29 bits per heavy atom. The molecule has 21 heavy (non-hydrogen) atoms. The number of likely N-dealkylation sites (N-methyl/N-ethyl adjacent to an activating group) is 1. The van der Waals surface area contributed by atoms with E-state index in [4.69, 9.17) is 23.2 Å². The lowest BCUT2D eigenvalue weighted by atomic mass is 10.1. The molecule has 2 aromatic rings. The molecule has 0 bridgehead atoms. The van der Waals surface area contributed by atoms with Crippen molar-refractivity contribution in [3.05, 3.63) is 58.3 Å². The van der Waals surface area contributed by atoms with E-state index in [1.807, 2.05) is 24.3 Å². The summed E-state index contributed by atoms with van der Waals surface area (Å²) in [6.45, 7) is 3.05. The number of hydrogen-bond acceptors (Lipinski definition) is 3. The van der Waals surface area contributed by atoms with Crippen LogP contribution in [0, 0.1) is 0 Å². The van der Waals surface area contributed by atoms with Gasteiger partial charge in [0.05, 0.1) is 5.02 Å². The maximum atomic E-state index is 6.19. The van der Waals surface area contributed by atoms with E-state index in [-0.39, 0.29) is 0 Å². The molecule has 0 fully saturated rings. The van der Waals surface area contributed by atoms with Crippen molar-refractivity contribution in [2.45, 2.75) is 24.3 Å². The van der Waals surface area contributed by atoms with Crippen LogP contribution >= 0.6 is 35.0 Å². The van der Waals surface area contributed by atoms with E-state index in [2.05, 4.69) is 23.3 Å². The average Bonchev–Trinajstić information content (AvgIpc) is 2.47. The monoisotopic (exact) mass is 340 g/mol. The number of rotatable bonds is 7. The molecule has 2 rings (SSSR count). The molecule has 112 valence electrons. The van der Waals surface area contributed by atoms with Gasteiger partial charge < -0.3 is 5.32 Å². The van der Waals surface area contributed by atoms with E-state index >= 15 is 0 Å². The standard InChI is InChI=1S/C16H18Cl2N2S/c1-2-20-14(8-12-6-7-19-10-16(12)18)11-21-15-5-3-4-13(17)9-15/h3-7,9-10,14,20H,2,8,11H2,1H3. The molecule has 1 heterocycles. The highest BCUT2D eigenvalue weighted by Crippen LogP contribution is 2.24. The van der Waals surface area contributed by atoms with Crippen molar-refractivity contribution in [3.63, 3.8) is 0 Å². The molecule has 0 aliphatic rings. The highest BCUT2D eigenvalue weighted by molar-refractivity contribution is 7.99. The zero-order chi connectivity index (χ0) is 15.1. The summed E-state index contributed by atoms with van der Waals surface area (Å²) >= 11 is 14.0. The number of hydrogen-bond donors (Lipinski definition) is 1. The molecular formula is C16H18Cl2N2S. The van der Waals surface area contributed by atoms with Crippen LogP contribution in [-0.4, -0.2) is 23.3 Å². The van der Waals surface area contributed by atoms with Crippen molar-refractivity contribution in [1.29, 1.82) is 0 Å². The Bertz CT molecular complexity index is 578. The van der Waals surface area contributed by atoms with Crippen LogP contribution in [0.3, 0.4) is 0 Å². The van der Waals surface area contributed by atoms with E-state index in [1.54, 1.807) is 24.2 Å². The molecule has 1 atom stereocenters. The molecule has 1 N–H and O–H groups in total. The molecule has 0 radical (unpaired) electrons. The van der Waals surface area contributed by atoms with Gasteiger partial charge in [0.25, 0.3) is 0 Å². The summed E-state index contributed by atoms with van der Waals surface area (Å²) in [5, 5.41) is 5.02. The maximum absolute atomic E-state index is 6.19. The Labute approximate surface area is 140 Å². The minimum Gasteiger partial charge on any atom is -0.313 e. The molecule has 0 aliphatic heterocycles. The van der Waals surface area contributed by atoms with Crippen molar-refractivity contribution in [1.82, 2.24) is 10.3 Å². The van der Waals surface area contributed by atoms with E-state index in [9.17, 15) is 0 Å². The molecule has 1 aromatic carbocycles. The summed E-state index contributed by atoms with van der Waals surface area (Å²) in [5.41, 5.74) is 1.13. The number of benzene rings is 1. The molecule has 1 unspecified atom stereocenters. The minimum atomic E-state index is 0.360. The minimum absolute atomic E-state index is 0.360. The number of nitrogens with one attached hydrogen (secondary N) is 1. The molecule has 0 saturated heterocycles. The summed E-state index contributed by atoms with van der Waals surface area (Å²) in [4.78, 5) is 5.22. The lowest BCUT2D eigenvalue weighted by Gasteiger charge is -2.18. The third kappa shape index (κ3) is 5.51. The molecule has 2 nitrogen and oxygen atoms in total. The first-order valence-corrected chi connectivity index (χ1v) is 8.63. The van der Waals surface area contributed by atoms with Gasteiger partial charge in [-0.3, -0.25) is 4.98 Å². The normalized spacial score (nSPS) is 12.3. The Kier molecular flexibility index (Phi) is 6.84. The van der Waals surface area contributed by atoms with Gasteiger partial charge in [0.15, 0.2) is 0 Å². The summed E-state index contributed by atoms with van der Waals surface area (Å²) in [7, 11) is 0. The third-order valence-corrected chi connectivity index (χ3v) is 4.79. The zero-order valence-corrected chi connectivity index (χ0v) is 14.2. The number of thioether (sulfide) groups is 1. The van der Waals surface area contributed by atoms with Crippen molar-refractivity contribution >= 4 is 35.0 Å². The van der Waals surface area contributed by atoms with Gasteiger partial charge in [-0.25, -0.2) is 0 Å². The molecule has 5 heteroatoms. The molecular weight excluding hydrogens is 323 g/mol. The first-order valence-electron chi connectivity index (χ1n) is 6.89. The Morgan fingerprint density at radius 2 is 2.14 bits per heavy atom. The first-order chi connectivity index (χ1) is 10.2. The van der Waals surface area contributed by atoms with E-state index in [0.717, 1.165) is 34.3 Å². The number of nitrogens with zero attached hydrogens (tertiary/aromatic N) is 1. The molecule has 1 aromatic heterocycles. The number of halogens is 2. The van der Waals surface area contributed by atoms with E-state index in [1.165, 1.54) is 4.90 Å². The van der Waals surface area contributed by atoms with Gasteiger partial charge in [0, 0.05) is 34.1 Å². The molecule has 0 saturated carbocycles. The van der Waals surface area contributed by atoms with E-state index in [0.29, 0.717) is 6.04 Å².